The second kappa shape index (κ2) is 15.0. The van der Waals surface area contributed by atoms with Gasteiger partial charge in [0, 0.05) is 38.8 Å². The number of aromatic nitrogens is 1. The molecule has 228 valence electrons. The molecule has 2 aliphatic heterocycles. The molecule has 2 aliphatic rings. The first-order chi connectivity index (χ1) is 19.4. The lowest BCUT2D eigenvalue weighted by Crippen LogP contribution is -2.46. The number of carbonyl (C=O) groups is 4. The summed E-state index contributed by atoms with van der Waals surface area (Å²) in [6, 6.07) is 0.699. The van der Waals surface area contributed by atoms with Gasteiger partial charge in [-0.25, -0.2) is 9.18 Å². The van der Waals surface area contributed by atoms with Crippen molar-refractivity contribution in [3.8, 4) is 5.75 Å². The Kier molecular flexibility index (Phi) is 11.7. The maximum atomic E-state index is 13.2. The first-order valence-corrected chi connectivity index (χ1v) is 14.4. The van der Waals surface area contributed by atoms with Crippen molar-refractivity contribution in [2.24, 2.45) is 11.8 Å². The molecule has 12 heteroatoms. The standard InChI is InChI=1S/C29H43FN4O7/c1-29(2,3)41-28(39)33-12-8-20(9-13-33)6-7-25(35)34-11-4-5-21(19-34)27(38)32-24(16-26(36)37)22-15-23(18-31-17-22)40-14-10-30/h15,17-18,20-21,24H,4-14,16,19H2,1-3H3,(H,32,38)(H,36,37)/t21-,24+/m1/s1. The van der Waals surface area contributed by atoms with Crippen LogP contribution in [0.25, 0.3) is 0 Å². The third-order valence-electron chi connectivity index (χ3n) is 7.36. The van der Waals surface area contributed by atoms with Gasteiger partial charge >= 0.3 is 12.1 Å². The van der Waals surface area contributed by atoms with Gasteiger partial charge in [-0.15, -0.1) is 0 Å². The summed E-state index contributed by atoms with van der Waals surface area (Å²) in [5.41, 5.74) is -0.0898. The van der Waals surface area contributed by atoms with Gasteiger partial charge < -0.3 is 29.7 Å². The lowest BCUT2D eigenvalue weighted by atomic mass is 9.91. The number of pyridine rings is 1. The molecule has 1 aromatic rings. The normalized spacial score (nSPS) is 18.9. The zero-order valence-corrected chi connectivity index (χ0v) is 24.3. The lowest BCUT2D eigenvalue weighted by Gasteiger charge is -2.35. The molecule has 0 unspecified atom stereocenters. The fraction of sp³-hybridized carbons (Fsp3) is 0.690. The highest BCUT2D eigenvalue weighted by atomic mass is 19.1. The highest BCUT2D eigenvalue weighted by Gasteiger charge is 2.32. The summed E-state index contributed by atoms with van der Waals surface area (Å²) in [5.74, 6) is -1.24. The van der Waals surface area contributed by atoms with Crippen molar-refractivity contribution < 1.29 is 38.1 Å². The van der Waals surface area contributed by atoms with Crippen LogP contribution < -0.4 is 10.1 Å². The number of carboxylic acid groups (broad SMARTS) is 1. The van der Waals surface area contributed by atoms with Gasteiger partial charge in [0.1, 0.15) is 24.6 Å². The van der Waals surface area contributed by atoms with Crippen molar-refractivity contribution >= 4 is 23.9 Å². The van der Waals surface area contributed by atoms with Crippen LogP contribution in [0.5, 0.6) is 5.75 Å². The molecule has 41 heavy (non-hydrogen) atoms. The van der Waals surface area contributed by atoms with Crippen molar-refractivity contribution in [2.75, 3.05) is 39.5 Å². The number of likely N-dealkylation sites (tertiary alicyclic amines) is 2. The van der Waals surface area contributed by atoms with Crippen molar-refractivity contribution in [3.63, 3.8) is 0 Å². The van der Waals surface area contributed by atoms with Crippen molar-refractivity contribution in [3.05, 3.63) is 24.0 Å². The summed E-state index contributed by atoms with van der Waals surface area (Å²) in [5, 5.41) is 12.2. The predicted molar refractivity (Wildman–Crippen MR) is 148 cm³/mol. The topological polar surface area (TPSA) is 138 Å². The Balaban J connectivity index is 1.49. The van der Waals surface area contributed by atoms with Crippen LogP contribution in [-0.2, 0) is 19.1 Å². The average Bonchev–Trinajstić information content (AvgIpc) is 2.93. The fourth-order valence-electron chi connectivity index (χ4n) is 5.21. The summed E-state index contributed by atoms with van der Waals surface area (Å²) in [6.45, 7) is 6.77. The van der Waals surface area contributed by atoms with Crippen LogP contribution in [0.15, 0.2) is 18.5 Å². The summed E-state index contributed by atoms with van der Waals surface area (Å²) < 4.78 is 23.2. The summed E-state index contributed by atoms with van der Waals surface area (Å²) in [6.07, 6.45) is 6.19. The van der Waals surface area contributed by atoms with E-state index in [0.29, 0.717) is 50.4 Å². The van der Waals surface area contributed by atoms with Gasteiger partial charge in [0.05, 0.1) is 24.6 Å². The molecule has 11 nitrogen and oxygen atoms in total. The molecular formula is C29H43FN4O7. The molecule has 3 heterocycles. The summed E-state index contributed by atoms with van der Waals surface area (Å²) in [7, 11) is 0. The second-order valence-corrected chi connectivity index (χ2v) is 11.8. The van der Waals surface area contributed by atoms with E-state index in [-0.39, 0.29) is 43.2 Å². The minimum Gasteiger partial charge on any atom is -0.489 e. The maximum Gasteiger partial charge on any atom is 0.410 e. The molecule has 3 rings (SSSR count). The largest absolute Gasteiger partial charge is 0.489 e. The number of hydrogen-bond donors (Lipinski definition) is 2. The van der Waals surface area contributed by atoms with E-state index in [2.05, 4.69) is 10.3 Å². The van der Waals surface area contributed by atoms with E-state index in [4.69, 9.17) is 9.47 Å². The Morgan fingerprint density at radius 3 is 2.51 bits per heavy atom. The van der Waals surface area contributed by atoms with E-state index in [9.17, 15) is 28.7 Å². The number of nitrogens with zero attached hydrogens (tertiary/aromatic N) is 3. The molecule has 2 atom stereocenters. The second-order valence-electron chi connectivity index (χ2n) is 11.8. The van der Waals surface area contributed by atoms with Crippen molar-refractivity contribution in [1.82, 2.24) is 20.1 Å². The van der Waals surface area contributed by atoms with Crippen LogP contribution in [0.2, 0.25) is 0 Å². The fourth-order valence-corrected chi connectivity index (χ4v) is 5.21. The zero-order valence-electron chi connectivity index (χ0n) is 24.3. The molecule has 0 spiro atoms. The molecule has 2 fully saturated rings. The minimum absolute atomic E-state index is 0.000991. The molecule has 0 radical (unpaired) electrons. The smallest absolute Gasteiger partial charge is 0.410 e. The molecule has 0 aromatic carbocycles. The molecule has 2 N–H and O–H groups in total. The number of carbonyl (C=O) groups excluding carboxylic acids is 3. The number of alkyl halides is 1. The molecule has 0 aliphatic carbocycles. The third-order valence-corrected chi connectivity index (χ3v) is 7.36. The molecule has 1 aromatic heterocycles. The summed E-state index contributed by atoms with van der Waals surface area (Å²) in [4.78, 5) is 57.5. The Hall–Kier alpha value is -3.44. The van der Waals surface area contributed by atoms with E-state index >= 15 is 0 Å². The van der Waals surface area contributed by atoms with Crippen LogP contribution in [-0.4, -0.2) is 88.8 Å². The van der Waals surface area contributed by atoms with Gasteiger partial charge in [-0.05, 0) is 70.4 Å². The zero-order chi connectivity index (χ0) is 30.0. The van der Waals surface area contributed by atoms with E-state index in [1.54, 1.807) is 15.9 Å². The van der Waals surface area contributed by atoms with Crippen LogP contribution in [0.3, 0.4) is 0 Å². The highest BCUT2D eigenvalue weighted by Crippen LogP contribution is 2.26. The quantitative estimate of drug-likeness (QED) is 0.405. The third kappa shape index (κ3) is 10.5. The van der Waals surface area contributed by atoms with E-state index in [1.807, 2.05) is 20.8 Å². The molecular weight excluding hydrogens is 535 g/mol. The van der Waals surface area contributed by atoms with E-state index < -0.39 is 30.2 Å². The Labute approximate surface area is 240 Å². The van der Waals surface area contributed by atoms with Crippen LogP contribution in [0.1, 0.15) is 77.3 Å². The minimum atomic E-state index is -1.09. The van der Waals surface area contributed by atoms with Gasteiger partial charge in [-0.2, -0.15) is 0 Å². The van der Waals surface area contributed by atoms with Crippen LogP contribution in [0.4, 0.5) is 9.18 Å². The lowest BCUT2D eigenvalue weighted by molar-refractivity contribution is -0.138. The Bertz CT molecular complexity index is 1060. The van der Waals surface area contributed by atoms with Gasteiger partial charge in [-0.1, -0.05) is 0 Å². The number of amides is 3. The Morgan fingerprint density at radius 2 is 1.85 bits per heavy atom. The van der Waals surface area contributed by atoms with Gasteiger partial charge in [0.25, 0.3) is 0 Å². The average molecular weight is 579 g/mol. The number of carboxylic acids is 1. The molecule has 0 bridgehead atoms. The van der Waals surface area contributed by atoms with E-state index in [1.165, 1.54) is 12.4 Å². The molecule has 3 amide bonds. The van der Waals surface area contributed by atoms with Crippen molar-refractivity contribution in [2.45, 2.75) is 77.4 Å². The number of hydrogen-bond acceptors (Lipinski definition) is 7. The number of piperidine rings is 2. The maximum absolute atomic E-state index is 13.2. The van der Waals surface area contributed by atoms with Crippen LogP contribution >= 0.6 is 0 Å². The number of aliphatic carboxylic acids is 1. The van der Waals surface area contributed by atoms with Gasteiger partial charge in [-0.3, -0.25) is 19.4 Å². The number of rotatable bonds is 11. The van der Waals surface area contributed by atoms with Gasteiger partial charge in [0.2, 0.25) is 11.8 Å². The SMILES string of the molecule is CC(C)(C)OC(=O)N1CCC(CCC(=O)N2CCC[C@@H](C(=O)N[C@@H](CC(=O)O)c3cncc(OCCF)c3)C2)CC1. The van der Waals surface area contributed by atoms with E-state index in [0.717, 1.165) is 19.3 Å². The molecule has 2 saturated heterocycles. The summed E-state index contributed by atoms with van der Waals surface area (Å²) >= 11 is 0. The van der Waals surface area contributed by atoms with Crippen LogP contribution in [0, 0.1) is 11.8 Å². The predicted octanol–water partition coefficient (Wildman–Crippen LogP) is 3.73. The monoisotopic (exact) mass is 578 g/mol. The Morgan fingerprint density at radius 1 is 1.12 bits per heavy atom. The molecule has 0 saturated carbocycles. The van der Waals surface area contributed by atoms with Crippen molar-refractivity contribution in [1.29, 1.82) is 0 Å². The van der Waals surface area contributed by atoms with Gasteiger partial charge in [0.15, 0.2) is 0 Å². The first kappa shape index (κ1) is 32.1. The number of ether oxygens (including phenoxy) is 2. The highest BCUT2D eigenvalue weighted by molar-refractivity contribution is 5.82. The number of halogens is 1. The first-order valence-electron chi connectivity index (χ1n) is 14.4. The number of nitrogens with one attached hydrogen (secondary N) is 1.